The second kappa shape index (κ2) is 7.30. The van der Waals surface area contributed by atoms with Crippen LogP contribution in [0.2, 0.25) is 0 Å². The monoisotopic (exact) mass is 377 g/mol. The molecule has 0 N–H and O–H groups in total. The molecule has 27 heavy (non-hydrogen) atoms. The summed E-state index contributed by atoms with van der Waals surface area (Å²) in [7, 11) is 1.61. The zero-order valence-corrected chi connectivity index (χ0v) is 14.8. The zero-order chi connectivity index (χ0) is 19.6. The predicted octanol–water partition coefficient (Wildman–Crippen LogP) is 4.45. The van der Waals surface area contributed by atoms with Gasteiger partial charge in [0.15, 0.2) is 5.69 Å². The van der Waals surface area contributed by atoms with Crippen molar-refractivity contribution in [1.82, 2.24) is 14.7 Å². The van der Waals surface area contributed by atoms with Crippen LogP contribution < -0.4 is 0 Å². The molecule has 3 rings (SSSR count). The third-order valence-electron chi connectivity index (χ3n) is 4.10. The highest BCUT2D eigenvalue weighted by Crippen LogP contribution is 2.32. The maximum absolute atomic E-state index is 13.0. The predicted molar refractivity (Wildman–Crippen MR) is 92.8 cm³/mol. The van der Waals surface area contributed by atoms with Gasteiger partial charge in [-0.05, 0) is 37.3 Å². The fourth-order valence-electron chi connectivity index (χ4n) is 2.75. The van der Waals surface area contributed by atoms with Gasteiger partial charge in [-0.25, -0.2) is 0 Å². The fourth-order valence-corrected chi connectivity index (χ4v) is 2.75. The maximum atomic E-state index is 13.0. The van der Waals surface area contributed by atoms with E-state index in [4.69, 9.17) is 4.42 Å². The molecule has 0 atom stereocenters. The summed E-state index contributed by atoms with van der Waals surface area (Å²) in [6, 6.07) is 9.98. The number of nitrogens with zero attached hydrogens (tertiary/aromatic N) is 3. The minimum absolute atomic E-state index is 0.165. The average molecular weight is 377 g/mol. The molecule has 8 heteroatoms. The van der Waals surface area contributed by atoms with Crippen LogP contribution >= 0.6 is 0 Å². The number of carbonyl (C=O) groups excluding carboxylic acids is 1. The fraction of sp³-hybridized carbons (Fsp3) is 0.263. The molecule has 0 aliphatic heterocycles. The van der Waals surface area contributed by atoms with Crippen LogP contribution in [0.15, 0.2) is 53.1 Å². The molecule has 0 fully saturated rings. The summed E-state index contributed by atoms with van der Waals surface area (Å²) in [5.41, 5.74) is 0.232. The number of aryl methyl sites for hydroxylation is 1. The minimum atomic E-state index is -4.44. The molecule has 1 amide bonds. The van der Waals surface area contributed by atoms with Crippen molar-refractivity contribution in [3.63, 3.8) is 0 Å². The standard InChI is InChI=1S/C19H18F3N3O2/c1-3-25-17(13-6-4-7-14(10-13)19(20,21)22)11-16(23-25)18(26)24(2)12-15-8-5-9-27-15/h4-11H,3,12H2,1-2H3. The molecule has 3 aromatic rings. The van der Waals surface area contributed by atoms with Crippen molar-refractivity contribution in [2.24, 2.45) is 0 Å². The quantitative estimate of drug-likeness (QED) is 0.660. The first-order valence-electron chi connectivity index (χ1n) is 8.33. The van der Waals surface area contributed by atoms with Gasteiger partial charge in [0, 0.05) is 19.2 Å². The van der Waals surface area contributed by atoms with Crippen LogP contribution in [-0.4, -0.2) is 27.6 Å². The summed E-state index contributed by atoms with van der Waals surface area (Å²) < 4.78 is 45.7. The lowest BCUT2D eigenvalue weighted by Crippen LogP contribution is -2.26. The highest BCUT2D eigenvalue weighted by atomic mass is 19.4. The van der Waals surface area contributed by atoms with Gasteiger partial charge in [-0.15, -0.1) is 0 Å². The van der Waals surface area contributed by atoms with E-state index in [0.717, 1.165) is 12.1 Å². The van der Waals surface area contributed by atoms with Crippen molar-refractivity contribution in [2.75, 3.05) is 7.05 Å². The number of furan rings is 1. The van der Waals surface area contributed by atoms with E-state index in [2.05, 4.69) is 5.10 Å². The number of carbonyl (C=O) groups is 1. The third-order valence-corrected chi connectivity index (χ3v) is 4.10. The van der Waals surface area contributed by atoms with Gasteiger partial charge < -0.3 is 9.32 Å². The molecular formula is C19H18F3N3O2. The number of benzene rings is 1. The largest absolute Gasteiger partial charge is 0.467 e. The number of rotatable bonds is 5. The Hall–Kier alpha value is -3.03. The Morgan fingerprint density at radius 1 is 1.22 bits per heavy atom. The van der Waals surface area contributed by atoms with Crippen LogP contribution in [0.5, 0.6) is 0 Å². The van der Waals surface area contributed by atoms with Crippen LogP contribution in [0.1, 0.15) is 28.7 Å². The molecule has 142 valence electrons. The molecule has 0 spiro atoms. The number of hydrogen-bond acceptors (Lipinski definition) is 3. The second-order valence-electron chi connectivity index (χ2n) is 6.05. The Bertz CT molecular complexity index is 930. The van der Waals surface area contributed by atoms with Crippen molar-refractivity contribution in [3.8, 4) is 11.3 Å². The molecule has 2 aromatic heterocycles. The summed E-state index contributed by atoms with van der Waals surface area (Å²) in [6.07, 6.45) is -2.92. The molecule has 0 bridgehead atoms. The lowest BCUT2D eigenvalue weighted by molar-refractivity contribution is -0.137. The number of amides is 1. The first-order chi connectivity index (χ1) is 12.8. The maximum Gasteiger partial charge on any atom is 0.416 e. The lowest BCUT2D eigenvalue weighted by Gasteiger charge is -2.13. The molecule has 0 saturated carbocycles. The summed E-state index contributed by atoms with van der Waals surface area (Å²) in [4.78, 5) is 14.1. The van der Waals surface area contributed by atoms with Gasteiger partial charge in [0.2, 0.25) is 0 Å². The Balaban J connectivity index is 1.90. The summed E-state index contributed by atoms with van der Waals surface area (Å²) in [5.74, 6) is 0.283. The smallest absolute Gasteiger partial charge is 0.416 e. The average Bonchev–Trinajstić information content (AvgIpc) is 3.29. The van der Waals surface area contributed by atoms with E-state index in [9.17, 15) is 18.0 Å². The van der Waals surface area contributed by atoms with Crippen LogP contribution in [-0.2, 0) is 19.3 Å². The van der Waals surface area contributed by atoms with Gasteiger partial charge in [0.1, 0.15) is 5.76 Å². The van der Waals surface area contributed by atoms with Crippen molar-refractivity contribution < 1.29 is 22.4 Å². The van der Waals surface area contributed by atoms with E-state index in [1.165, 1.54) is 28.0 Å². The summed E-state index contributed by atoms with van der Waals surface area (Å²) in [6.45, 7) is 2.50. The summed E-state index contributed by atoms with van der Waals surface area (Å²) in [5, 5.41) is 4.26. The van der Waals surface area contributed by atoms with E-state index in [1.54, 1.807) is 25.2 Å². The Labute approximate surface area is 154 Å². The SMILES string of the molecule is CCn1nc(C(=O)N(C)Cc2ccco2)cc1-c1cccc(C(F)(F)F)c1. The highest BCUT2D eigenvalue weighted by molar-refractivity contribution is 5.93. The zero-order valence-electron chi connectivity index (χ0n) is 14.8. The Morgan fingerprint density at radius 2 is 2.00 bits per heavy atom. The number of hydrogen-bond donors (Lipinski definition) is 0. The molecule has 0 radical (unpaired) electrons. The molecule has 0 aliphatic carbocycles. The first-order valence-corrected chi connectivity index (χ1v) is 8.33. The van der Waals surface area contributed by atoms with Crippen LogP contribution in [0.25, 0.3) is 11.3 Å². The number of alkyl halides is 3. The van der Waals surface area contributed by atoms with Gasteiger partial charge in [0.25, 0.3) is 5.91 Å². The summed E-state index contributed by atoms with van der Waals surface area (Å²) >= 11 is 0. The second-order valence-corrected chi connectivity index (χ2v) is 6.05. The topological polar surface area (TPSA) is 51.3 Å². The van der Waals surface area contributed by atoms with E-state index in [-0.39, 0.29) is 18.1 Å². The Morgan fingerprint density at radius 3 is 2.63 bits per heavy atom. The molecule has 0 saturated heterocycles. The molecular weight excluding hydrogens is 359 g/mol. The lowest BCUT2D eigenvalue weighted by atomic mass is 10.1. The van der Waals surface area contributed by atoms with Crippen LogP contribution in [0.4, 0.5) is 13.2 Å². The van der Waals surface area contributed by atoms with E-state index < -0.39 is 11.7 Å². The third kappa shape index (κ3) is 4.05. The molecule has 5 nitrogen and oxygen atoms in total. The van der Waals surface area contributed by atoms with Gasteiger partial charge in [-0.1, -0.05) is 12.1 Å². The van der Waals surface area contributed by atoms with Crippen LogP contribution in [0, 0.1) is 0 Å². The van der Waals surface area contributed by atoms with Crippen molar-refractivity contribution in [2.45, 2.75) is 26.2 Å². The highest BCUT2D eigenvalue weighted by Gasteiger charge is 2.31. The van der Waals surface area contributed by atoms with Gasteiger partial charge >= 0.3 is 6.18 Å². The number of halogens is 3. The molecule has 1 aromatic carbocycles. The Kier molecular flexibility index (Phi) is 5.07. The van der Waals surface area contributed by atoms with Gasteiger partial charge in [-0.3, -0.25) is 9.48 Å². The van der Waals surface area contributed by atoms with Crippen molar-refractivity contribution in [3.05, 3.63) is 65.7 Å². The minimum Gasteiger partial charge on any atom is -0.467 e. The molecule has 0 unspecified atom stereocenters. The van der Waals surface area contributed by atoms with Crippen LogP contribution in [0.3, 0.4) is 0 Å². The van der Waals surface area contributed by atoms with Crippen molar-refractivity contribution >= 4 is 5.91 Å². The van der Waals surface area contributed by atoms with E-state index in [0.29, 0.717) is 23.6 Å². The van der Waals surface area contributed by atoms with Gasteiger partial charge in [0.05, 0.1) is 24.1 Å². The van der Waals surface area contributed by atoms with Crippen molar-refractivity contribution in [1.29, 1.82) is 0 Å². The first kappa shape index (κ1) is 18.8. The molecule has 2 heterocycles. The van der Waals surface area contributed by atoms with E-state index in [1.807, 2.05) is 6.92 Å². The normalized spacial score (nSPS) is 11.6. The molecule has 0 aliphatic rings. The van der Waals surface area contributed by atoms with Gasteiger partial charge in [-0.2, -0.15) is 18.3 Å². The number of aromatic nitrogens is 2. The van der Waals surface area contributed by atoms with E-state index >= 15 is 0 Å².